The fourth-order valence-electron chi connectivity index (χ4n) is 2.81. The molecule has 1 atom stereocenters. The summed E-state index contributed by atoms with van der Waals surface area (Å²) in [5.74, 6) is 2.37. The van der Waals surface area contributed by atoms with E-state index in [9.17, 15) is 0 Å². The molecule has 3 heteroatoms. The topological polar surface area (TPSA) is 24.5 Å². The van der Waals surface area contributed by atoms with Crippen molar-refractivity contribution in [3.8, 4) is 5.75 Å². The number of anilines is 1. The van der Waals surface area contributed by atoms with E-state index in [2.05, 4.69) is 44.0 Å². The van der Waals surface area contributed by atoms with Gasteiger partial charge in [0.2, 0.25) is 0 Å². The van der Waals surface area contributed by atoms with Gasteiger partial charge in [0.25, 0.3) is 0 Å². The molecule has 1 N–H and O–H groups in total. The second-order valence-corrected chi connectivity index (χ2v) is 6.62. The molecule has 1 aromatic rings. The Morgan fingerprint density at radius 3 is 2.45 bits per heavy atom. The highest BCUT2D eigenvalue weighted by atomic mass is 16.5. The molecule has 0 bridgehead atoms. The molecule has 1 aliphatic heterocycles. The van der Waals surface area contributed by atoms with Gasteiger partial charge in [-0.3, -0.25) is 4.90 Å². The van der Waals surface area contributed by atoms with Gasteiger partial charge in [-0.15, -0.1) is 0 Å². The maximum atomic E-state index is 6.12. The van der Waals surface area contributed by atoms with Gasteiger partial charge in [0.15, 0.2) is 0 Å². The summed E-state index contributed by atoms with van der Waals surface area (Å²) in [7, 11) is 0. The van der Waals surface area contributed by atoms with Crippen molar-refractivity contribution in [2.75, 3.05) is 31.5 Å². The molecule has 0 amide bonds. The van der Waals surface area contributed by atoms with Gasteiger partial charge in [0.1, 0.15) is 11.9 Å². The number of hydrogen-bond acceptors (Lipinski definition) is 3. The highest BCUT2D eigenvalue weighted by Gasteiger charge is 2.22. The highest BCUT2D eigenvalue weighted by molar-refractivity contribution is 5.57. The second-order valence-electron chi connectivity index (χ2n) is 6.62. The SMILES string of the molecule is CC(C)CN(CC(C)C)CC1CNc2ccccc2O1. The molecular weight excluding hydrogens is 248 g/mol. The fraction of sp³-hybridized carbons (Fsp3) is 0.647. The van der Waals surface area contributed by atoms with Crippen LogP contribution in [0.5, 0.6) is 5.75 Å². The molecule has 1 unspecified atom stereocenters. The van der Waals surface area contributed by atoms with Crippen LogP contribution >= 0.6 is 0 Å². The summed E-state index contributed by atoms with van der Waals surface area (Å²) in [6, 6.07) is 8.19. The fourth-order valence-corrected chi connectivity index (χ4v) is 2.81. The third-order valence-corrected chi connectivity index (χ3v) is 3.41. The molecule has 3 nitrogen and oxygen atoms in total. The summed E-state index contributed by atoms with van der Waals surface area (Å²) in [6.45, 7) is 13.3. The van der Waals surface area contributed by atoms with Gasteiger partial charge in [-0.05, 0) is 24.0 Å². The Labute approximate surface area is 123 Å². The first-order valence-corrected chi connectivity index (χ1v) is 7.76. The Bertz CT molecular complexity index is 407. The van der Waals surface area contributed by atoms with Gasteiger partial charge in [-0.1, -0.05) is 39.8 Å². The largest absolute Gasteiger partial charge is 0.485 e. The first-order valence-electron chi connectivity index (χ1n) is 7.76. The van der Waals surface area contributed by atoms with Crippen molar-refractivity contribution < 1.29 is 4.74 Å². The van der Waals surface area contributed by atoms with Gasteiger partial charge in [-0.2, -0.15) is 0 Å². The summed E-state index contributed by atoms with van der Waals surface area (Å²) < 4.78 is 6.12. The third-order valence-electron chi connectivity index (χ3n) is 3.41. The number of nitrogens with one attached hydrogen (secondary N) is 1. The zero-order valence-electron chi connectivity index (χ0n) is 13.2. The lowest BCUT2D eigenvalue weighted by Crippen LogP contribution is -2.44. The Hall–Kier alpha value is -1.22. The van der Waals surface area contributed by atoms with Crippen LogP contribution in [-0.4, -0.2) is 37.2 Å². The van der Waals surface area contributed by atoms with E-state index in [1.807, 2.05) is 18.2 Å². The third kappa shape index (κ3) is 4.41. The van der Waals surface area contributed by atoms with E-state index in [0.29, 0.717) is 11.8 Å². The Balaban J connectivity index is 1.94. The molecule has 0 aliphatic carbocycles. The van der Waals surface area contributed by atoms with Crippen molar-refractivity contribution in [3.05, 3.63) is 24.3 Å². The predicted molar refractivity (Wildman–Crippen MR) is 85.5 cm³/mol. The molecule has 20 heavy (non-hydrogen) atoms. The van der Waals surface area contributed by atoms with Gasteiger partial charge < -0.3 is 10.1 Å². The quantitative estimate of drug-likeness (QED) is 0.861. The maximum absolute atomic E-state index is 6.12. The molecule has 0 saturated heterocycles. The smallest absolute Gasteiger partial charge is 0.142 e. The van der Waals surface area contributed by atoms with Crippen molar-refractivity contribution in [1.82, 2.24) is 4.90 Å². The summed E-state index contributed by atoms with van der Waals surface area (Å²) in [5.41, 5.74) is 1.11. The Kier molecular flexibility index (Phi) is 5.30. The summed E-state index contributed by atoms with van der Waals surface area (Å²) in [5, 5.41) is 3.47. The average molecular weight is 276 g/mol. The number of benzene rings is 1. The first kappa shape index (κ1) is 15.2. The highest BCUT2D eigenvalue weighted by Crippen LogP contribution is 2.28. The van der Waals surface area contributed by atoms with Crippen molar-refractivity contribution in [3.63, 3.8) is 0 Å². The molecule has 1 aliphatic rings. The molecule has 1 heterocycles. The van der Waals surface area contributed by atoms with E-state index in [-0.39, 0.29) is 6.10 Å². The molecular formula is C17H28N2O. The van der Waals surface area contributed by atoms with E-state index in [1.165, 1.54) is 0 Å². The number of rotatable bonds is 6. The van der Waals surface area contributed by atoms with Crippen LogP contribution in [0.15, 0.2) is 24.3 Å². The number of para-hydroxylation sites is 2. The first-order chi connectivity index (χ1) is 9.54. The second kappa shape index (κ2) is 6.98. The van der Waals surface area contributed by atoms with E-state index < -0.39 is 0 Å². The zero-order valence-corrected chi connectivity index (χ0v) is 13.2. The van der Waals surface area contributed by atoms with Crippen LogP contribution in [0.25, 0.3) is 0 Å². The van der Waals surface area contributed by atoms with E-state index in [0.717, 1.165) is 37.6 Å². The van der Waals surface area contributed by atoms with Crippen LogP contribution in [0.4, 0.5) is 5.69 Å². The average Bonchev–Trinajstić information content (AvgIpc) is 2.37. The summed E-state index contributed by atoms with van der Waals surface area (Å²) >= 11 is 0. The van der Waals surface area contributed by atoms with Gasteiger partial charge in [-0.25, -0.2) is 0 Å². The van der Waals surface area contributed by atoms with Gasteiger partial charge in [0, 0.05) is 19.6 Å². The molecule has 0 radical (unpaired) electrons. The van der Waals surface area contributed by atoms with Crippen LogP contribution in [-0.2, 0) is 0 Å². The summed E-state index contributed by atoms with van der Waals surface area (Å²) in [4.78, 5) is 2.54. The molecule has 0 spiro atoms. The molecule has 0 saturated carbocycles. The molecule has 0 fully saturated rings. The van der Waals surface area contributed by atoms with E-state index in [4.69, 9.17) is 4.74 Å². The number of hydrogen-bond donors (Lipinski definition) is 1. The number of fused-ring (bicyclic) bond motifs is 1. The van der Waals surface area contributed by atoms with Gasteiger partial charge >= 0.3 is 0 Å². The Morgan fingerprint density at radius 1 is 1.15 bits per heavy atom. The lowest BCUT2D eigenvalue weighted by Gasteiger charge is -2.33. The van der Waals surface area contributed by atoms with Crippen LogP contribution in [0, 0.1) is 11.8 Å². The minimum Gasteiger partial charge on any atom is -0.485 e. The molecule has 1 aromatic carbocycles. The van der Waals surface area contributed by atoms with Crippen LogP contribution in [0.2, 0.25) is 0 Å². The standard InChI is InChI=1S/C17H28N2O/c1-13(2)10-19(11-14(3)4)12-15-9-18-16-7-5-6-8-17(16)20-15/h5-8,13-15,18H,9-12H2,1-4H3. The van der Waals surface area contributed by atoms with E-state index in [1.54, 1.807) is 0 Å². The minimum atomic E-state index is 0.238. The van der Waals surface area contributed by atoms with E-state index >= 15 is 0 Å². The normalized spacial score (nSPS) is 18.1. The number of nitrogens with zero attached hydrogens (tertiary/aromatic N) is 1. The zero-order chi connectivity index (χ0) is 14.5. The molecule has 2 rings (SSSR count). The lowest BCUT2D eigenvalue weighted by atomic mass is 10.1. The lowest BCUT2D eigenvalue weighted by molar-refractivity contribution is 0.119. The Morgan fingerprint density at radius 2 is 1.80 bits per heavy atom. The monoisotopic (exact) mass is 276 g/mol. The van der Waals surface area contributed by atoms with Crippen molar-refractivity contribution in [1.29, 1.82) is 0 Å². The molecule has 0 aromatic heterocycles. The summed E-state index contributed by atoms with van der Waals surface area (Å²) in [6.07, 6.45) is 0.238. The van der Waals surface area contributed by atoms with Crippen molar-refractivity contribution in [2.24, 2.45) is 11.8 Å². The molecule has 112 valence electrons. The maximum Gasteiger partial charge on any atom is 0.142 e. The minimum absolute atomic E-state index is 0.238. The van der Waals surface area contributed by atoms with Crippen molar-refractivity contribution in [2.45, 2.75) is 33.8 Å². The van der Waals surface area contributed by atoms with Crippen LogP contribution in [0.3, 0.4) is 0 Å². The van der Waals surface area contributed by atoms with Gasteiger partial charge in [0.05, 0.1) is 12.2 Å². The van der Waals surface area contributed by atoms with Crippen molar-refractivity contribution >= 4 is 5.69 Å². The predicted octanol–water partition coefficient (Wildman–Crippen LogP) is 3.47. The van der Waals surface area contributed by atoms with Crippen LogP contribution < -0.4 is 10.1 Å². The number of ether oxygens (including phenoxy) is 1. The van der Waals surface area contributed by atoms with Crippen LogP contribution in [0.1, 0.15) is 27.7 Å².